The van der Waals surface area contributed by atoms with Crippen LogP contribution in [-0.4, -0.2) is 42.3 Å². The Morgan fingerprint density at radius 2 is 1.93 bits per heavy atom. The van der Waals surface area contributed by atoms with Crippen molar-refractivity contribution in [2.45, 2.75) is 32.9 Å². The summed E-state index contributed by atoms with van der Waals surface area (Å²) in [6.45, 7) is 6.08. The van der Waals surface area contributed by atoms with Crippen LogP contribution in [0.1, 0.15) is 35.3 Å². The van der Waals surface area contributed by atoms with Crippen LogP contribution >= 0.6 is 0 Å². The van der Waals surface area contributed by atoms with E-state index in [-0.39, 0.29) is 24.3 Å². The maximum Gasteiger partial charge on any atom is 0.257 e. The van der Waals surface area contributed by atoms with Gasteiger partial charge in [-0.2, -0.15) is 0 Å². The number of benzene rings is 2. The molecule has 1 amide bonds. The predicted molar refractivity (Wildman–Crippen MR) is 105 cm³/mol. The lowest BCUT2D eigenvalue weighted by molar-refractivity contribution is -0.123. The number of carbonyl (C=O) groups is 2. The van der Waals surface area contributed by atoms with Crippen molar-refractivity contribution >= 4 is 11.7 Å². The SMILES string of the molecule is CC(=O)c1cccc(OCC(=O)NC[C@@H](C)N2CCc3ccccc3C2)c1. The van der Waals surface area contributed by atoms with Gasteiger partial charge in [0.1, 0.15) is 5.75 Å². The molecule has 1 atom stereocenters. The van der Waals surface area contributed by atoms with E-state index in [9.17, 15) is 9.59 Å². The van der Waals surface area contributed by atoms with E-state index in [1.54, 1.807) is 24.3 Å². The average molecular weight is 366 g/mol. The number of amides is 1. The largest absolute Gasteiger partial charge is 0.484 e. The number of hydrogen-bond acceptors (Lipinski definition) is 4. The van der Waals surface area contributed by atoms with Crippen LogP contribution in [0, 0.1) is 0 Å². The van der Waals surface area contributed by atoms with Crippen molar-refractivity contribution in [3.05, 3.63) is 65.2 Å². The van der Waals surface area contributed by atoms with Gasteiger partial charge in [0.25, 0.3) is 5.91 Å². The first-order chi connectivity index (χ1) is 13.0. The van der Waals surface area contributed by atoms with Crippen LogP contribution in [0.2, 0.25) is 0 Å². The van der Waals surface area contributed by atoms with Crippen molar-refractivity contribution in [2.75, 3.05) is 19.7 Å². The van der Waals surface area contributed by atoms with E-state index >= 15 is 0 Å². The maximum atomic E-state index is 12.1. The molecule has 0 unspecified atom stereocenters. The maximum absolute atomic E-state index is 12.1. The monoisotopic (exact) mass is 366 g/mol. The molecule has 1 aliphatic rings. The van der Waals surface area contributed by atoms with Gasteiger partial charge in [0.2, 0.25) is 0 Å². The van der Waals surface area contributed by atoms with Gasteiger partial charge in [0.05, 0.1) is 0 Å². The summed E-state index contributed by atoms with van der Waals surface area (Å²) in [7, 11) is 0. The minimum absolute atomic E-state index is 0.0261. The minimum atomic E-state index is -0.160. The molecule has 0 saturated heterocycles. The van der Waals surface area contributed by atoms with Gasteiger partial charge in [0, 0.05) is 31.2 Å². The molecule has 0 bridgehead atoms. The fourth-order valence-corrected chi connectivity index (χ4v) is 3.29. The van der Waals surface area contributed by atoms with Crippen LogP contribution in [0.3, 0.4) is 0 Å². The Balaban J connectivity index is 1.44. The van der Waals surface area contributed by atoms with Gasteiger partial charge in [-0.1, -0.05) is 36.4 Å². The fraction of sp³-hybridized carbons (Fsp3) is 0.364. The average Bonchev–Trinajstić information content (AvgIpc) is 2.70. The first kappa shape index (κ1) is 19.1. The summed E-state index contributed by atoms with van der Waals surface area (Å²) in [6, 6.07) is 15.7. The molecule has 2 aromatic rings. The van der Waals surface area contributed by atoms with Gasteiger partial charge in [0.15, 0.2) is 12.4 Å². The molecule has 0 aliphatic carbocycles. The third-order valence-corrected chi connectivity index (χ3v) is 4.99. The summed E-state index contributed by atoms with van der Waals surface area (Å²) < 4.78 is 5.51. The number of hydrogen-bond donors (Lipinski definition) is 1. The Labute approximate surface area is 160 Å². The molecule has 142 valence electrons. The molecule has 5 nitrogen and oxygen atoms in total. The molecule has 0 spiro atoms. The van der Waals surface area contributed by atoms with Crippen LogP contribution in [-0.2, 0) is 17.8 Å². The molecule has 3 rings (SSSR count). The standard InChI is InChI=1S/C22H26N2O3/c1-16(24-11-10-18-6-3-4-7-20(18)14-24)13-23-22(26)15-27-21-9-5-8-19(12-21)17(2)25/h3-9,12,16H,10-11,13-15H2,1-2H3,(H,23,26)/t16-/m1/s1. The van der Waals surface area contributed by atoms with Crippen LogP contribution in [0.15, 0.2) is 48.5 Å². The lowest BCUT2D eigenvalue weighted by Crippen LogP contribution is -2.45. The number of rotatable bonds is 7. The molecule has 0 fully saturated rings. The number of ketones is 1. The molecule has 1 N–H and O–H groups in total. The van der Waals surface area contributed by atoms with Gasteiger partial charge in [-0.05, 0) is 43.5 Å². The zero-order valence-electron chi connectivity index (χ0n) is 15.9. The van der Waals surface area contributed by atoms with E-state index in [1.807, 2.05) is 0 Å². The number of carbonyl (C=O) groups excluding carboxylic acids is 2. The molecule has 2 aromatic carbocycles. The Kier molecular flexibility index (Phi) is 6.24. The number of Topliss-reactive ketones (excluding diaryl/α,β-unsaturated/α-hetero) is 1. The highest BCUT2D eigenvalue weighted by molar-refractivity contribution is 5.94. The van der Waals surface area contributed by atoms with E-state index < -0.39 is 0 Å². The first-order valence-electron chi connectivity index (χ1n) is 9.34. The van der Waals surface area contributed by atoms with Crippen molar-refractivity contribution < 1.29 is 14.3 Å². The normalized spacial score (nSPS) is 14.9. The molecule has 5 heteroatoms. The van der Waals surface area contributed by atoms with E-state index in [0.717, 1.165) is 19.5 Å². The van der Waals surface area contributed by atoms with Crippen LogP contribution in [0.25, 0.3) is 0 Å². The van der Waals surface area contributed by atoms with Crippen molar-refractivity contribution in [1.82, 2.24) is 10.2 Å². The van der Waals surface area contributed by atoms with E-state index in [0.29, 0.717) is 17.9 Å². The van der Waals surface area contributed by atoms with Gasteiger partial charge >= 0.3 is 0 Å². The summed E-state index contributed by atoms with van der Waals surface area (Å²) in [5.41, 5.74) is 3.37. The Morgan fingerprint density at radius 1 is 1.15 bits per heavy atom. The smallest absolute Gasteiger partial charge is 0.257 e. The Bertz CT molecular complexity index is 819. The van der Waals surface area contributed by atoms with Gasteiger partial charge in [-0.3, -0.25) is 14.5 Å². The Hall–Kier alpha value is -2.66. The van der Waals surface area contributed by atoms with Crippen LogP contribution < -0.4 is 10.1 Å². The third-order valence-electron chi connectivity index (χ3n) is 4.99. The molecule has 1 aliphatic heterocycles. The number of ether oxygens (including phenoxy) is 1. The highest BCUT2D eigenvalue weighted by Crippen LogP contribution is 2.20. The second-order valence-electron chi connectivity index (χ2n) is 7.01. The summed E-state index contributed by atoms with van der Waals surface area (Å²) in [5, 5.41) is 2.94. The molecule has 1 heterocycles. The third kappa shape index (κ3) is 5.17. The van der Waals surface area contributed by atoms with E-state index in [4.69, 9.17) is 4.74 Å². The lowest BCUT2D eigenvalue weighted by atomic mass is 9.99. The zero-order valence-corrected chi connectivity index (χ0v) is 15.9. The number of fused-ring (bicyclic) bond motifs is 1. The molecular weight excluding hydrogens is 340 g/mol. The quantitative estimate of drug-likeness (QED) is 0.766. The molecule has 27 heavy (non-hydrogen) atoms. The van der Waals surface area contributed by atoms with Gasteiger partial charge in [-0.25, -0.2) is 0 Å². The minimum Gasteiger partial charge on any atom is -0.484 e. The first-order valence-corrected chi connectivity index (χ1v) is 9.34. The fourth-order valence-electron chi connectivity index (χ4n) is 3.29. The van der Waals surface area contributed by atoms with Gasteiger partial charge < -0.3 is 10.1 Å². The van der Waals surface area contributed by atoms with Gasteiger partial charge in [-0.15, -0.1) is 0 Å². The molecule has 0 radical (unpaired) electrons. The summed E-state index contributed by atoms with van der Waals surface area (Å²) in [6.07, 6.45) is 1.05. The highest BCUT2D eigenvalue weighted by atomic mass is 16.5. The second-order valence-corrected chi connectivity index (χ2v) is 7.01. The number of nitrogens with zero attached hydrogens (tertiary/aromatic N) is 1. The molecule has 0 aromatic heterocycles. The molecular formula is C22H26N2O3. The number of nitrogens with one attached hydrogen (secondary N) is 1. The second kappa shape index (κ2) is 8.82. The van der Waals surface area contributed by atoms with Crippen molar-refractivity contribution in [3.8, 4) is 5.75 Å². The zero-order chi connectivity index (χ0) is 19.2. The van der Waals surface area contributed by atoms with Crippen LogP contribution in [0.5, 0.6) is 5.75 Å². The highest BCUT2D eigenvalue weighted by Gasteiger charge is 2.20. The van der Waals surface area contributed by atoms with Crippen LogP contribution in [0.4, 0.5) is 0 Å². The lowest BCUT2D eigenvalue weighted by Gasteiger charge is -2.33. The summed E-state index contributed by atoms with van der Waals surface area (Å²) in [4.78, 5) is 25.9. The van der Waals surface area contributed by atoms with Crippen molar-refractivity contribution in [3.63, 3.8) is 0 Å². The Morgan fingerprint density at radius 3 is 2.70 bits per heavy atom. The van der Waals surface area contributed by atoms with Crippen molar-refractivity contribution in [1.29, 1.82) is 0 Å². The van der Waals surface area contributed by atoms with Crippen molar-refractivity contribution in [2.24, 2.45) is 0 Å². The summed E-state index contributed by atoms with van der Waals surface area (Å²) in [5.74, 6) is 0.341. The van der Waals surface area contributed by atoms with E-state index in [1.165, 1.54) is 18.1 Å². The molecule has 0 saturated carbocycles. The van der Waals surface area contributed by atoms with E-state index in [2.05, 4.69) is 41.4 Å². The predicted octanol–water partition coefficient (Wildman–Crippen LogP) is 2.83. The summed E-state index contributed by atoms with van der Waals surface area (Å²) >= 11 is 0. The topological polar surface area (TPSA) is 58.6 Å².